The Kier molecular flexibility index (Phi) is 8.14. The third kappa shape index (κ3) is 6.30. The smallest absolute Gasteiger partial charge is 0.164 e. The molecule has 0 spiro atoms. The first-order valence-electron chi connectivity index (χ1n) is 17.6. The number of rotatable bonds is 6. The van der Waals surface area contributed by atoms with E-state index in [1.165, 1.54) is 48.8 Å². The van der Waals surface area contributed by atoms with Crippen LogP contribution in [0.15, 0.2) is 127 Å². The molecule has 6 aromatic rings. The van der Waals surface area contributed by atoms with Gasteiger partial charge in [-0.15, -0.1) is 0 Å². The van der Waals surface area contributed by atoms with E-state index in [1.54, 1.807) is 0 Å². The van der Waals surface area contributed by atoms with Gasteiger partial charge in [0.1, 0.15) is 0 Å². The van der Waals surface area contributed by atoms with E-state index in [-0.39, 0.29) is 5.41 Å². The molecule has 0 amide bonds. The van der Waals surface area contributed by atoms with Crippen molar-refractivity contribution < 1.29 is 0 Å². The van der Waals surface area contributed by atoms with Gasteiger partial charge in [0.15, 0.2) is 17.5 Å². The van der Waals surface area contributed by atoms with Gasteiger partial charge in [0.2, 0.25) is 0 Å². The van der Waals surface area contributed by atoms with Crippen LogP contribution in [-0.2, 0) is 5.41 Å². The molecule has 4 nitrogen and oxygen atoms in total. The van der Waals surface area contributed by atoms with Gasteiger partial charge in [-0.2, -0.15) is 5.26 Å². The number of benzene rings is 5. The van der Waals surface area contributed by atoms with Gasteiger partial charge in [0.25, 0.3) is 0 Å². The van der Waals surface area contributed by atoms with Crippen LogP contribution in [-0.4, -0.2) is 15.0 Å². The summed E-state index contributed by atoms with van der Waals surface area (Å²) in [6.45, 7) is 4.94. The summed E-state index contributed by atoms with van der Waals surface area (Å²) in [5, 5.41) is 9.50. The van der Waals surface area contributed by atoms with Crippen LogP contribution in [0.5, 0.6) is 0 Å². The monoisotopic (exact) mass is 636 g/mol. The predicted octanol–water partition coefficient (Wildman–Crippen LogP) is 11.2. The van der Waals surface area contributed by atoms with E-state index in [0.717, 1.165) is 45.6 Å². The fraction of sp³-hybridized carbons (Fsp3) is 0.244. The Morgan fingerprint density at radius 3 is 1.55 bits per heavy atom. The number of fused-ring (bicyclic) bond motifs is 2. The molecule has 5 aromatic carbocycles. The Morgan fingerprint density at radius 2 is 1.02 bits per heavy atom. The molecule has 4 atom stereocenters. The van der Waals surface area contributed by atoms with E-state index in [0.29, 0.717) is 23.0 Å². The second-order valence-corrected chi connectivity index (χ2v) is 14.6. The first-order chi connectivity index (χ1) is 23.9. The van der Waals surface area contributed by atoms with E-state index in [2.05, 4.69) is 74.5 Å². The average molecular weight is 637 g/mol. The van der Waals surface area contributed by atoms with Crippen molar-refractivity contribution in [2.45, 2.75) is 51.4 Å². The highest BCUT2D eigenvalue weighted by molar-refractivity contribution is 5.85. The van der Waals surface area contributed by atoms with Gasteiger partial charge in [-0.05, 0) is 101 Å². The summed E-state index contributed by atoms with van der Waals surface area (Å²) < 4.78 is 0. The number of hydrogen-bond donors (Lipinski definition) is 0. The van der Waals surface area contributed by atoms with Gasteiger partial charge in [0.05, 0.1) is 11.6 Å². The molecule has 2 aliphatic carbocycles. The molecule has 1 heterocycles. The Bertz CT molecular complexity index is 2050. The zero-order valence-corrected chi connectivity index (χ0v) is 28.2. The fourth-order valence-electron chi connectivity index (χ4n) is 8.70. The third-order valence-electron chi connectivity index (χ3n) is 10.8. The normalized spacial score (nSPS) is 21.5. The second-order valence-electron chi connectivity index (χ2n) is 14.6. The van der Waals surface area contributed by atoms with E-state index in [4.69, 9.17) is 15.0 Å². The molecule has 240 valence electrons. The topological polar surface area (TPSA) is 62.5 Å². The molecule has 0 saturated heterocycles. The Hall–Kier alpha value is -5.40. The standard InChI is InChI=1S/C45H40N4/c1-30-23-32-25-33(24-30)28-45(2,27-32)39-21-22-40(41(26-39)35-15-13-31(29-46)14-16-35)34-17-19-38(20-18-34)44-48-42(36-9-5-3-6-10-36)47-43(49-44)37-11-7-4-8-12-37/h3-22,26,30,32-33H,23-25,27-28H2,1-2H3/t30-,32+,33?,45?/m0/s1. The molecular weight excluding hydrogens is 597 g/mol. The van der Waals surface area contributed by atoms with Crippen LogP contribution in [0.3, 0.4) is 0 Å². The van der Waals surface area contributed by atoms with Crippen LogP contribution >= 0.6 is 0 Å². The van der Waals surface area contributed by atoms with Gasteiger partial charge in [0, 0.05) is 16.7 Å². The minimum Gasteiger partial charge on any atom is -0.208 e. The van der Waals surface area contributed by atoms with Crippen LogP contribution in [0.2, 0.25) is 0 Å². The lowest BCUT2D eigenvalue weighted by atomic mass is 9.57. The van der Waals surface area contributed by atoms with Gasteiger partial charge in [-0.25, -0.2) is 15.0 Å². The maximum absolute atomic E-state index is 9.50. The van der Waals surface area contributed by atoms with Crippen molar-refractivity contribution in [2.24, 2.45) is 17.8 Å². The molecule has 0 N–H and O–H groups in total. The molecule has 4 heteroatoms. The zero-order chi connectivity index (χ0) is 33.4. The molecule has 2 saturated carbocycles. The Morgan fingerprint density at radius 1 is 0.551 bits per heavy atom. The minimum atomic E-state index is 0.170. The summed E-state index contributed by atoms with van der Waals surface area (Å²) in [6, 6.07) is 46.2. The van der Waals surface area contributed by atoms with Crippen molar-refractivity contribution in [1.82, 2.24) is 15.0 Å². The van der Waals surface area contributed by atoms with Crippen LogP contribution in [0.1, 0.15) is 57.1 Å². The highest BCUT2D eigenvalue weighted by atomic mass is 15.0. The van der Waals surface area contributed by atoms with Gasteiger partial charge in [-0.1, -0.05) is 123 Å². The van der Waals surface area contributed by atoms with Crippen molar-refractivity contribution in [1.29, 1.82) is 5.26 Å². The van der Waals surface area contributed by atoms with Crippen molar-refractivity contribution >= 4 is 0 Å². The highest BCUT2D eigenvalue weighted by Crippen LogP contribution is 2.52. The molecular formula is C45H40N4. The third-order valence-corrected chi connectivity index (χ3v) is 10.8. The van der Waals surface area contributed by atoms with Crippen molar-refractivity contribution in [3.63, 3.8) is 0 Å². The van der Waals surface area contributed by atoms with Crippen LogP contribution in [0.25, 0.3) is 56.4 Å². The average Bonchev–Trinajstić information content (AvgIpc) is 3.14. The Balaban J connectivity index is 1.19. The first-order valence-corrected chi connectivity index (χ1v) is 17.6. The molecule has 1 aromatic heterocycles. The molecule has 2 fully saturated rings. The van der Waals surface area contributed by atoms with E-state index >= 15 is 0 Å². The van der Waals surface area contributed by atoms with Crippen molar-refractivity contribution in [3.05, 3.63) is 139 Å². The summed E-state index contributed by atoms with van der Waals surface area (Å²) >= 11 is 0. The molecule has 0 radical (unpaired) electrons. The molecule has 0 aliphatic heterocycles. The molecule has 8 rings (SSSR count). The van der Waals surface area contributed by atoms with E-state index in [1.807, 2.05) is 72.8 Å². The quantitative estimate of drug-likeness (QED) is 0.182. The summed E-state index contributed by atoms with van der Waals surface area (Å²) in [4.78, 5) is 14.7. The number of hydrogen-bond acceptors (Lipinski definition) is 4. The lowest BCUT2D eigenvalue weighted by Gasteiger charge is -2.47. The highest BCUT2D eigenvalue weighted by Gasteiger charge is 2.42. The van der Waals surface area contributed by atoms with Crippen LogP contribution < -0.4 is 0 Å². The fourth-order valence-corrected chi connectivity index (χ4v) is 8.70. The lowest BCUT2D eigenvalue weighted by molar-refractivity contribution is 0.0899. The SMILES string of the molecule is C[C@@H]1CC2C[C@@H](C1)CC(C)(c1ccc(-c3ccc(-c4nc(-c5ccccc5)nc(-c5ccccc5)n4)cc3)c(-c3ccc(C#N)cc3)c1)C2. The number of nitrogens with zero attached hydrogens (tertiary/aromatic N) is 4. The maximum Gasteiger partial charge on any atom is 0.164 e. The van der Waals surface area contributed by atoms with Crippen molar-refractivity contribution in [2.75, 3.05) is 0 Å². The summed E-state index contributed by atoms with van der Waals surface area (Å²) in [7, 11) is 0. The lowest BCUT2D eigenvalue weighted by Crippen LogP contribution is -2.38. The second kappa shape index (κ2) is 12.9. The first kappa shape index (κ1) is 30.9. The van der Waals surface area contributed by atoms with Gasteiger partial charge in [-0.3, -0.25) is 0 Å². The summed E-state index contributed by atoms with van der Waals surface area (Å²) in [5.74, 6) is 4.44. The largest absolute Gasteiger partial charge is 0.208 e. The predicted molar refractivity (Wildman–Crippen MR) is 198 cm³/mol. The number of nitriles is 1. The van der Waals surface area contributed by atoms with Gasteiger partial charge >= 0.3 is 0 Å². The molecule has 2 aliphatic rings. The van der Waals surface area contributed by atoms with E-state index in [9.17, 15) is 5.26 Å². The van der Waals surface area contributed by atoms with E-state index < -0.39 is 0 Å². The summed E-state index contributed by atoms with van der Waals surface area (Å²) in [5.41, 5.74) is 9.78. The van der Waals surface area contributed by atoms with Crippen LogP contribution in [0, 0.1) is 29.1 Å². The van der Waals surface area contributed by atoms with Crippen LogP contribution in [0.4, 0.5) is 0 Å². The zero-order valence-electron chi connectivity index (χ0n) is 28.2. The Labute approximate surface area is 289 Å². The molecule has 2 unspecified atom stereocenters. The van der Waals surface area contributed by atoms with Crippen molar-refractivity contribution in [3.8, 4) is 62.5 Å². The number of aromatic nitrogens is 3. The van der Waals surface area contributed by atoms with Gasteiger partial charge < -0.3 is 0 Å². The summed E-state index contributed by atoms with van der Waals surface area (Å²) in [6.07, 6.45) is 6.64. The minimum absolute atomic E-state index is 0.170. The molecule has 49 heavy (non-hydrogen) atoms. The molecule has 2 bridgehead atoms. The maximum atomic E-state index is 9.50.